The smallest absolute Gasteiger partial charge is 0.335 e. The molecule has 1 N–H and O–H groups in total. The molecule has 210 valence electrons. The maximum absolute atomic E-state index is 11.7. The lowest BCUT2D eigenvalue weighted by atomic mass is 9.74. The van der Waals surface area contributed by atoms with Crippen LogP contribution in [0.2, 0.25) is 0 Å². The fourth-order valence-corrected chi connectivity index (χ4v) is 7.48. The van der Waals surface area contributed by atoms with Crippen molar-refractivity contribution in [2.75, 3.05) is 0 Å². The maximum Gasteiger partial charge on any atom is 0.335 e. The summed E-state index contributed by atoms with van der Waals surface area (Å²) in [5.41, 5.74) is 12.2. The first-order valence-corrected chi connectivity index (χ1v) is 15.1. The monoisotopic (exact) mass is 566 g/mol. The number of carboxylic acids is 1. The van der Waals surface area contributed by atoms with Crippen LogP contribution < -0.4 is 0 Å². The summed E-state index contributed by atoms with van der Waals surface area (Å²) in [6.07, 6.45) is 0. The van der Waals surface area contributed by atoms with E-state index in [2.05, 4.69) is 129 Å². The summed E-state index contributed by atoms with van der Waals surface area (Å²) in [6.45, 7) is 4.67. The quantitative estimate of drug-likeness (QED) is 0.215. The van der Waals surface area contributed by atoms with Gasteiger partial charge in [-0.25, -0.2) is 4.79 Å². The molecule has 0 atom stereocenters. The van der Waals surface area contributed by atoms with Crippen molar-refractivity contribution in [1.82, 2.24) is 0 Å². The summed E-state index contributed by atoms with van der Waals surface area (Å²) in [5.74, 6) is -0.921. The number of hydrogen-bond acceptors (Lipinski definition) is 1. The highest BCUT2D eigenvalue weighted by molar-refractivity contribution is 6.23. The predicted octanol–water partition coefficient (Wildman–Crippen LogP) is 11.0. The zero-order valence-corrected chi connectivity index (χ0v) is 24.6. The Bertz CT molecular complexity index is 2200. The molecule has 0 amide bonds. The summed E-state index contributed by atoms with van der Waals surface area (Å²) in [5, 5.41) is 14.5. The van der Waals surface area contributed by atoms with Gasteiger partial charge in [0.2, 0.25) is 0 Å². The lowest BCUT2D eigenvalue weighted by molar-refractivity contribution is 0.0697. The van der Waals surface area contributed by atoms with Crippen LogP contribution in [-0.2, 0) is 5.41 Å². The van der Waals surface area contributed by atoms with Crippen LogP contribution in [0.1, 0.15) is 35.3 Å². The first-order chi connectivity index (χ1) is 21.4. The zero-order valence-electron chi connectivity index (χ0n) is 24.6. The average Bonchev–Trinajstić information content (AvgIpc) is 3.30. The second kappa shape index (κ2) is 9.79. The van der Waals surface area contributed by atoms with Gasteiger partial charge in [0, 0.05) is 5.41 Å². The van der Waals surface area contributed by atoms with Crippen molar-refractivity contribution in [3.63, 3.8) is 0 Å². The van der Waals surface area contributed by atoms with E-state index in [0.29, 0.717) is 0 Å². The van der Waals surface area contributed by atoms with Crippen molar-refractivity contribution >= 4 is 27.5 Å². The Kier molecular flexibility index (Phi) is 5.82. The molecule has 7 aromatic carbocycles. The van der Waals surface area contributed by atoms with Crippen LogP contribution in [0.4, 0.5) is 0 Å². The molecule has 2 nitrogen and oxygen atoms in total. The number of rotatable bonds is 4. The average molecular weight is 567 g/mol. The Morgan fingerprint density at radius 1 is 0.477 bits per heavy atom. The van der Waals surface area contributed by atoms with E-state index >= 15 is 0 Å². The Morgan fingerprint density at radius 2 is 1.00 bits per heavy atom. The highest BCUT2D eigenvalue weighted by Gasteiger charge is 2.39. The maximum atomic E-state index is 11.7. The lowest BCUT2D eigenvalue weighted by Crippen LogP contribution is -2.17. The first-order valence-electron chi connectivity index (χ1n) is 15.1. The molecule has 1 aliphatic carbocycles. The number of aromatic carboxylic acids is 1. The van der Waals surface area contributed by atoms with Crippen molar-refractivity contribution < 1.29 is 9.90 Å². The lowest BCUT2D eigenvalue weighted by Gasteiger charge is -2.28. The first kappa shape index (κ1) is 26.2. The van der Waals surface area contributed by atoms with Crippen LogP contribution in [0.5, 0.6) is 0 Å². The van der Waals surface area contributed by atoms with Gasteiger partial charge in [-0.3, -0.25) is 0 Å². The fourth-order valence-electron chi connectivity index (χ4n) is 7.48. The highest BCUT2D eigenvalue weighted by atomic mass is 16.4. The molecule has 7 aromatic rings. The molecule has 0 fully saturated rings. The second-order valence-corrected chi connectivity index (χ2v) is 12.2. The normalized spacial score (nSPS) is 13.1. The molecule has 0 bridgehead atoms. The van der Waals surface area contributed by atoms with Gasteiger partial charge in [-0.15, -0.1) is 0 Å². The minimum absolute atomic E-state index is 0.251. The Balaban J connectivity index is 1.57. The van der Waals surface area contributed by atoms with Crippen LogP contribution in [0.3, 0.4) is 0 Å². The van der Waals surface area contributed by atoms with E-state index in [9.17, 15) is 9.90 Å². The van der Waals surface area contributed by atoms with E-state index in [1.807, 2.05) is 12.1 Å². The molecule has 0 saturated carbocycles. The molecular weight excluding hydrogens is 536 g/mol. The summed E-state index contributed by atoms with van der Waals surface area (Å²) >= 11 is 0. The van der Waals surface area contributed by atoms with Crippen molar-refractivity contribution in [3.8, 4) is 44.5 Å². The number of fused-ring (bicyclic) bond motifs is 5. The summed E-state index contributed by atoms with van der Waals surface area (Å²) in [7, 11) is 0. The molecule has 0 aliphatic heterocycles. The Hall–Kier alpha value is -5.47. The minimum Gasteiger partial charge on any atom is -0.478 e. The van der Waals surface area contributed by atoms with Crippen molar-refractivity contribution in [1.29, 1.82) is 0 Å². The summed E-state index contributed by atoms with van der Waals surface area (Å²) in [4.78, 5) is 11.7. The van der Waals surface area contributed by atoms with Gasteiger partial charge in [-0.05, 0) is 89.3 Å². The molecule has 0 spiro atoms. The molecule has 0 saturated heterocycles. The fraction of sp³-hybridized carbons (Fsp3) is 0.0714. The molecule has 8 rings (SSSR count). The van der Waals surface area contributed by atoms with E-state index < -0.39 is 5.97 Å². The van der Waals surface area contributed by atoms with Crippen LogP contribution in [-0.4, -0.2) is 11.1 Å². The van der Waals surface area contributed by atoms with Crippen LogP contribution in [0, 0.1) is 0 Å². The zero-order chi connectivity index (χ0) is 30.0. The van der Waals surface area contributed by atoms with E-state index in [4.69, 9.17) is 0 Å². The number of benzene rings is 7. The van der Waals surface area contributed by atoms with Crippen LogP contribution in [0.25, 0.3) is 66.1 Å². The molecule has 2 heteroatoms. The molecule has 0 heterocycles. The third-order valence-corrected chi connectivity index (χ3v) is 9.41. The van der Waals surface area contributed by atoms with Gasteiger partial charge >= 0.3 is 5.97 Å². The molecule has 1 aliphatic rings. The van der Waals surface area contributed by atoms with Crippen molar-refractivity contribution in [2.24, 2.45) is 0 Å². The van der Waals surface area contributed by atoms with E-state index in [1.54, 1.807) is 12.1 Å². The van der Waals surface area contributed by atoms with Gasteiger partial charge in [-0.2, -0.15) is 0 Å². The minimum atomic E-state index is -0.921. The molecule has 0 unspecified atom stereocenters. The molecule has 0 aromatic heterocycles. The number of carboxylic acid groups (broad SMARTS) is 1. The van der Waals surface area contributed by atoms with Gasteiger partial charge in [0.15, 0.2) is 0 Å². The highest BCUT2D eigenvalue weighted by Crippen LogP contribution is 2.56. The van der Waals surface area contributed by atoms with Gasteiger partial charge < -0.3 is 5.11 Å². The van der Waals surface area contributed by atoms with E-state index in [-0.39, 0.29) is 11.0 Å². The Morgan fingerprint density at radius 3 is 1.61 bits per heavy atom. The largest absolute Gasteiger partial charge is 0.478 e. The number of hydrogen-bond donors (Lipinski definition) is 1. The SMILES string of the molecule is CC1(C)c2ccccc2-c2ccc(-c3ccc(C(=O)O)cc3)c(-c3c4ccccc4c(-c4ccccc4)c4ccccc34)c21. The van der Waals surface area contributed by atoms with Crippen molar-refractivity contribution in [3.05, 3.63) is 156 Å². The van der Waals surface area contributed by atoms with Gasteiger partial charge in [0.05, 0.1) is 5.56 Å². The molecule has 44 heavy (non-hydrogen) atoms. The Labute approximate surface area is 256 Å². The molecule has 0 radical (unpaired) electrons. The van der Waals surface area contributed by atoms with Gasteiger partial charge in [0.25, 0.3) is 0 Å². The van der Waals surface area contributed by atoms with E-state index in [1.165, 1.54) is 66.1 Å². The van der Waals surface area contributed by atoms with Crippen LogP contribution >= 0.6 is 0 Å². The van der Waals surface area contributed by atoms with Crippen molar-refractivity contribution in [2.45, 2.75) is 19.3 Å². The topological polar surface area (TPSA) is 37.3 Å². The third-order valence-electron chi connectivity index (χ3n) is 9.41. The molecular formula is C42H30O2. The standard InChI is InChI=1S/C42H30O2/c1-42(2)36-19-11-10-14-30(36)35-25-24-29(26-20-22-28(23-21-26)41(43)44)39(40(35)42)38-33-17-8-6-15-31(33)37(27-12-4-3-5-13-27)32-16-7-9-18-34(32)38/h3-25H,1-2H3,(H,43,44). The summed E-state index contributed by atoms with van der Waals surface area (Å²) in [6, 6.07) is 48.8. The van der Waals surface area contributed by atoms with Crippen LogP contribution in [0.15, 0.2) is 140 Å². The number of carbonyl (C=O) groups is 1. The third kappa shape index (κ3) is 3.77. The summed E-state index contributed by atoms with van der Waals surface area (Å²) < 4.78 is 0. The second-order valence-electron chi connectivity index (χ2n) is 12.2. The van der Waals surface area contributed by atoms with E-state index in [0.717, 1.165) is 11.1 Å². The van der Waals surface area contributed by atoms with Gasteiger partial charge in [0.1, 0.15) is 0 Å². The predicted molar refractivity (Wildman–Crippen MR) is 182 cm³/mol. The van der Waals surface area contributed by atoms with Gasteiger partial charge in [-0.1, -0.05) is 141 Å².